The number of aryl methyl sites for hydroxylation is 1. The van der Waals surface area contributed by atoms with Crippen LogP contribution < -0.4 is 10.6 Å². The summed E-state index contributed by atoms with van der Waals surface area (Å²) in [6, 6.07) is 5.20. The second-order valence-corrected chi connectivity index (χ2v) is 9.13. The molecule has 31 heavy (non-hydrogen) atoms. The van der Waals surface area contributed by atoms with Crippen molar-refractivity contribution in [2.75, 3.05) is 19.6 Å². The van der Waals surface area contributed by atoms with Crippen LogP contribution in [-0.2, 0) is 25.6 Å². The molecule has 3 amide bonds. The predicted molar refractivity (Wildman–Crippen MR) is 120 cm³/mol. The van der Waals surface area contributed by atoms with Crippen LogP contribution in [0.4, 0.5) is 0 Å². The van der Waals surface area contributed by atoms with E-state index in [4.69, 9.17) is 23.2 Å². The maximum Gasteiger partial charge on any atom is 0.290 e. The summed E-state index contributed by atoms with van der Waals surface area (Å²) < 4.78 is 0. The van der Waals surface area contributed by atoms with Gasteiger partial charge >= 0.3 is 0 Å². The van der Waals surface area contributed by atoms with Crippen LogP contribution in [0.25, 0.3) is 0 Å². The minimum absolute atomic E-state index is 0.0308. The molecule has 1 aliphatic heterocycles. The first-order chi connectivity index (χ1) is 14.6. The molecule has 0 aliphatic carbocycles. The van der Waals surface area contributed by atoms with E-state index < -0.39 is 23.5 Å². The molecule has 1 aromatic rings. The van der Waals surface area contributed by atoms with Crippen molar-refractivity contribution in [2.24, 2.45) is 11.8 Å². The van der Waals surface area contributed by atoms with Gasteiger partial charge in [0.2, 0.25) is 17.6 Å². The lowest BCUT2D eigenvalue weighted by Gasteiger charge is -2.18. The third kappa shape index (κ3) is 7.51. The molecular weight excluding hydrogens is 441 g/mol. The van der Waals surface area contributed by atoms with E-state index in [0.29, 0.717) is 29.3 Å². The van der Waals surface area contributed by atoms with Crippen LogP contribution in [-0.4, -0.2) is 54.1 Å². The molecule has 2 N–H and O–H groups in total. The van der Waals surface area contributed by atoms with Gasteiger partial charge in [-0.3, -0.25) is 19.2 Å². The fraction of sp³-hybridized carbons (Fsp3) is 0.545. The number of hydrogen-bond acceptors (Lipinski definition) is 4. The highest BCUT2D eigenvalue weighted by atomic mass is 35.5. The summed E-state index contributed by atoms with van der Waals surface area (Å²) in [7, 11) is 0. The predicted octanol–water partition coefficient (Wildman–Crippen LogP) is 2.62. The number of carbonyl (C=O) groups excluding carboxylic acids is 4. The van der Waals surface area contributed by atoms with Crippen LogP contribution in [0.3, 0.4) is 0 Å². The summed E-state index contributed by atoms with van der Waals surface area (Å²) >= 11 is 11.9. The molecule has 0 radical (unpaired) electrons. The second-order valence-electron chi connectivity index (χ2n) is 8.31. The number of halogens is 2. The summed E-state index contributed by atoms with van der Waals surface area (Å²) in [6.45, 7) is 6.21. The Labute approximate surface area is 192 Å². The van der Waals surface area contributed by atoms with Gasteiger partial charge in [0.25, 0.3) is 5.91 Å². The Morgan fingerprint density at radius 2 is 1.87 bits per heavy atom. The zero-order valence-electron chi connectivity index (χ0n) is 18.0. The number of likely N-dealkylation sites (tertiary alicyclic amines) is 1. The average molecular weight is 470 g/mol. The Kier molecular flexibility index (Phi) is 9.32. The third-order valence-electron chi connectivity index (χ3n) is 5.07. The van der Waals surface area contributed by atoms with E-state index in [9.17, 15) is 19.2 Å². The van der Waals surface area contributed by atoms with Gasteiger partial charge in [-0.15, -0.1) is 0 Å². The Bertz CT molecular complexity index is 844. The molecule has 170 valence electrons. The highest BCUT2D eigenvalue weighted by molar-refractivity contribution is 6.42. The van der Waals surface area contributed by atoms with Crippen LogP contribution >= 0.6 is 23.2 Å². The number of nitrogens with zero attached hydrogens (tertiary/aromatic N) is 1. The van der Waals surface area contributed by atoms with Crippen molar-refractivity contribution >= 4 is 46.7 Å². The SMILES string of the molecule is CC(C)CC(=O)NCCN1CC(C(=O)NC(C)CCc2ccc(Cl)c(Cl)c2)C(=O)C1=O. The number of amides is 3. The van der Waals surface area contributed by atoms with Gasteiger partial charge in [-0.05, 0) is 43.4 Å². The summed E-state index contributed by atoms with van der Waals surface area (Å²) in [5.74, 6) is -2.72. The van der Waals surface area contributed by atoms with Crippen molar-refractivity contribution in [2.45, 2.75) is 46.1 Å². The topological polar surface area (TPSA) is 95.6 Å². The number of carbonyl (C=O) groups is 4. The highest BCUT2D eigenvalue weighted by Crippen LogP contribution is 2.23. The monoisotopic (exact) mass is 469 g/mol. The largest absolute Gasteiger partial charge is 0.354 e. The quantitative estimate of drug-likeness (QED) is 0.406. The zero-order chi connectivity index (χ0) is 23.1. The van der Waals surface area contributed by atoms with Crippen LogP contribution in [0.2, 0.25) is 10.0 Å². The number of nitrogens with one attached hydrogen (secondary N) is 2. The van der Waals surface area contributed by atoms with Gasteiger partial charge in [-0.1, -0.05) is 43.1 Å². The van der Waals surface area contributed by atoms with Crippen molar-refractivity contribution in [1.29, 1.82) is 0 Å². The molecule has 7 nitrogen and oxygen atoms in total. The highest BCUT2D eigenvalue weighted by Gasteiger charge is 2.43. The standard InChI is InChI=1S/C22H29Cl2N3O4/c1-13(2)10-19(28)25-8-9-27-12-16(20(29)22(27)31)21(30)26-14(3)4-5-15-6-7-17(23)18(24)11-15/h6-7,11,13-14,16H,4-5,8-10,12H2,1-3H3,(H,25,28)(H,26,30). The molecule has 1 aliphatic rings. The zero-order valence-corrected chi connectivity index (χ0v) is 19.6. The van der Waals surface area contributed by atoms with Crippen LogP contribution in [0.5, 0.6) is 0 Å². The van der Waals surface area contributed by atoms with Gasteiger partial charge in [-0.2, -0.15) is 0 Å². The summed E-state index contributed by atoms with van der Waals surface area (Å²) in [4.78, 5) is 50.0. The molecule has 1 heterocycles. The summed E-state index contributed by atoms with van der Waals surface area (Å²) in [5.41, 5.74) is 0.994. The van der Waals surface area contributed by atoms with Gasteiger partial charge < -0.3 is 15.5 Å². The van der Waals surface area contributed by atoms with Crippen LogP contribution in [0.15, 0.2) is 18.2 Å². The lowest BCUT2D eigenvalue weighted by atomic mass is 10.0. The molecule has 0 saturated carbocycles. The van der Waals surface area contributed by atoms with E-state index in [-0.39, 0.29) is 37.5 Å². The Morgan fingerprint density at radius 1 is 1.16 bits per heavy atom. The number of Topliss-reactive ketones (excluding diaryl/α,β-unsaturated/α-hetero) is 1. The third-order valence-corrected chi connectivity index (χ3v) is 5.81. The lowest BCUT2D eigenvalue weighted by Crippen LogP contribution is -2.41. The fourth-order valence-electron chi connectivity index (χ4n) is 3.35. The lowest BCUT2D eigenvalue weighted by molar-refractivity contribution is -0.142. The molecule has 2 rings (SSSR count). The maximum atomic E-state index is 12.6. The van der Waals surface area contributed by atoms with Gasteiger partial charge in [0, 0.05) is 32.1 Å². The number of hydrogen-bond donors (Lipinski definition) is 2. The fourth-order valence-corrected chi connectivity index (χ4v) is 3.67. The molecule has 1 fully saturated rings. The molecule has 0 bridgehead atoms. The molecule has 1 aromatic carbocycles. The minimum Gasteiger partial charge on any atom is -0.354 e. The Balaban J connectivity index is 1.80. The van der Waals surface area contributed by atoms with E-state index >= 15 is 0 Å². The van der Waals surface area contributed by atoms with Gasteiger partial charge in [0.1, 0.15) is 5.92 Å². The van der Waals surface area contributed by atoms with Gasteiger partial charge in [0.15, 0.2) is 0 Å². The first-order valence-corrected chi connectivity index (χ1v) is 11.2. The second kappa shape index (κ2) is 11.5. The molecule has 9 heteroatoms. The molecule has 1 saturated heterocycles. The van der Waals surface area contributed by atoms with E-state index in [1.807, 2.05) is 26.8 Å². The number of benzene rings is 1. The van der Waals surface area contributed by atoms with Gasteiger partial charge in [0.05, 0.1) is 10.0 Å². The van der Waals surface area contributed by atoms with Crippen LogP contribution in [0, 0.1) is 11.8 Å². The van der Waals surface area contributed by atoms with Crippen molar-refractivity contribution in [3.05, 3.63) is 33.8 Å². The Morgan fingerprint density at radius 3 is 2.52 bits per heavy atom. The molecule has 2 atom stereocenters. The Hall–Kier alpha value is -2.12. The molecule has 0 spiro atoms. The van der Waals surface area contributed by atoms with Crippen molar-refractivity contribution in [3.8, 4) is 0 Å². The smallest absolute Gasteiger partial charge is 0.290 e. The first-order valence-electron chi connectivity index (χ1n) is 10.4. The van der Waals surface area contributed by atoms with E-state index in [0.717, 1.165) is 5.56 Å². The minimum atomic E-state index is -1.02. The maximum absolute atomic E-state index is 12.6. The van der Waals surface area contributed by atoms with E-state index in [1.54, 1.807) is 12.1 Å². The van der Waals surface area contributed by atoms with Crippen molar-refractivity contribution < 1.29 is 19.2 Å². The molecular formula is C22H29Cl2N3O4. The number of rotatable bonds is 10. The average Bonchev–Trinajstić information content (AvgIpc) is 2.97. The number of ketones is 1. The summed E-state index contributed by atoms with van der Waals surface area (Å²) in [6.07, 6.45) is 1.72. The first kappa shape index (κ1) is 25.1. The molecule has 0 aromatic heterocycles. The van der Waals surface area contributed by atoms with Crippen molar-refractivity contribution in [1.82, 2.24) is 15.5 Å². The summed E-state index contributed by atoms with van der Waals surface area (Å²) in [5, 5.41) is 6.51. The van der Waals surface area contributed by atoms with E-state index in [1.165, 1.54) is 4.90 Å². The van der Waals surface area contributed by atoms with Crippen molar-refractivity contribution in [3.63, 3.8) is 0 Å². The molecule has 2 unspecified atom stereocenters. The van der Waals surface area contributed by atoms with Crippen LogP contribution in [0.1, 0.15) is 39.2 Å². The van der Waals surface area contributed by atoms with E-state index in [2.05, 4.69) is 10.6 Å². The normalized spacial score (nSPS) is 17.2. The van der Waals surface area contributed by atoms with Gasteiger partial charge in [-0.25, -0.2) is 0 Å².